The monoisotopic (exact) mass is 221 g/mol. The number of rotatable bonds is 2. The maximum Gasteiger partial charge on any atom is 0.409 e. The van der Waals surface area contributed by atoms with Crippen molar-refractivity contribution in [3.05, 3.63) is 18.2 Å². The Morgan fingerprint density at radius 1 is 1.56 bits per heavy atom. The largest absolute Gasteiger partial charge is 0.493 e. The molecule has 0 aromatic heterocycles. The van der Waals surface area contributed by atoms with Crippen LogP contribution in [0, 0.1) is 0 Å². The first kappa shape index (κ1) is 11.1. The van der Waals surface area contributed by atoms with Crippen molar-refractivity contribution >= 4 is 12.7 Å². The minimum atomic E-state index is -0.530. The lowest BCUT2D eigenvalue weighted by atomic mass is 9.83. The van der Waals surface area contributed by atoms with Crippen LogP contribution in [0.2, 0.25) is 6.82 Å². The van der Waals surface area contributed by atoms with Crippen molar-refractivity contribution in [3.63, 3.8) is 0 Å². The van der Waals surface area contributed by atoms with Crippen LogP contribution in [0.3, 0.4) is 0 Å². The fourth-order valence-corrected chi connectivity index (χ4v) is 1.98. The highest BCUT2D eigenvalue weighted by molar-refractivity contribution is 6.54. The molecule has 2 rings (SSSR count). The Morgan fingerprint density at radius 3 is 2.94 bits per heavy atom. The van der Waals surface area contributed by atoms with Gasteiger partial charge in [-0.3, -0.25) is 0 Å². The third kappa shape index (κ3) is 1.83. The molecule has 0 fully saturated rings. The minimum Gasteiger partial charge on any atom is -0.493 e. The Balaban J connectivity index is 2.46. The fourth-order valence-electron chi connectivity index (χ4n) is 1.98. The highest BCUT2D eigenvalue weighted by Crippen LogP contribution is 2.41. The first-order valence-electron chi connectivity index (χ1n) is 5.42. The summed E-state index contributed by atoms with van der Waals surface area (Å²) in [6.45, 7) is 4.41. The smallest absolute Gasteiger partial charge is 0.409 e. The van der Waals surface area contributed by atoms with Crippen molar-refractivity contribution in [2.24, 2.45) is 0 Å². The Labute approximate surface area is 95.9 Å². The van der Waals surface area contributed by atoms with Gasteiger partial charge in [-0.25, -0.2) is 0 Å². The second kappa shape index (κ2) is 4.25. The van der Waals surface area contributed by atoms with E-state index in [9.17, 15) is 5.02 Å². The number of hydrogen-bond donors (Lipinski definition) is 1. The Hall–Kier alpha value is -1.36. The zero-order valence-corrected chi connectivity index (χ0v) is 9.80. The molecule has 1 aliphatic rings. The number of methoxy groups -OCH3 is 1. The number of anilines is 1. The summed E-state index contributed by atoms with van der Waals surface area (Å²) in [6, 6.07) is 5.68. The lowest BCUT2D eigenvalue weighted by Gasteiger charge is -2.36. The molecule has 0 radical (unpaired) electrons. The summed E-state index contributed by atoms with van der Waals surface area (Å²) >= 11 is 0. The van der Waals surface area contributed by atoms with Gasteiger partial charge in [0.15, 0.2) is 11.5 Å². The highest BCUT2D eigenvalue weighted by atomic mass is 16.5. The van der Waals surface area contributed by atoms with E-state index in [0.29, 0.717) is 18.0 Å². The predicted octanol–water partition coefficient (Wildman–Crippen LogP) is 1.39. The summed E-state index contributed by atoms with van der Waals surface area (Å²) in [7, 11) is 1.09. The summed E-state index contributed by atoms with van der Waals surface area (Å²) in [6.07, 6.45) is 0.0402. The van der Waals surface area contributed by atoms with E-state index in [1.54, 1.807) is 13.9 Å². The average Bonchev–Trinajstić information content (AvgIpc) is 2.27. The number of fused-ring (bicyclic) bond motifs is 1. The highest BCUT2D eigenvalue weighted by Gasteiger charge is 2.29. The van der Waals surface area contributed by atoms with E-state index in [1.807, 2.05) is 29.9 Å². The second-order valence-corrected chi connectivity index (χ2v) is 4.02. The summed E-state index contributed by atoms with van der Waals surface area (Å²) in [5.74, 6) is 1.42. The number of benzene rings is 1. The van der Waals surface area contributed by atoms with Crippen LogP contribution in [-0.2, 0) is 0 Å². The summed E-state index contributed by atoms with van der Waals surface area (Å²) in [5.41, 5.74) is 0.882. The molecule has 1 aliphatic heterocycles. The van der Waals surface area contributed by atoms with E-state index in [1.165, 1.54) is 0 Å². The van der Waals surface area contributed by atoms with Crippen molar-refractivity contribution in [2.75, 3.05) is 18.5 Å². The van der Waals surface area contributed by atoms with Crippen LogP contribution >= 0.6 is 0 Å². The molecule has 1 N–H and O–H groups in total. The van der Waals surface area contributed by atoms with E-state index in [0.717, 1.165) is 5.69 Å². The maximum absolute atomic E-state index is 9.73. The minimum absolute atomic E-state index is 0.0402. The fraction of sp³-hybridized carbons (Fsp3) is 0.455. The van der Waals surface area contributed by atoms with Crippen LogP contribution in [0.25, 0.3) is 0 Å². The molecule has 5 heteroatoms. The van der Waals surface area contributed by atoms with Gasteiger partial charge < -0.3 is 19.3 Å². The molecule has 1 heterocycles. The predicted molar refractivity (Wildman–Crippen MR) is 64.3 cm³/mol. The number of hydrogen-bond acceptors (Lipinski definition) is 4. The van der Waals surface area contributed by atoms with Gasteiger partial charge >= 0.3 is 7.05 Å². The Kier molecular flexibility index (Phi) is 2.96. The molecular formula is C11H16BNO3. The third-order valence-electron chi connectivity index (χ3n) is 2.71. The number of nitrogens with zero attached hydrogens (tertiary/aromatic N) is 1. The zero-order chi connectivity index (χ0) is 11.7. The number of ether oxygens (including phenoxy) is 2. The molecule has 0 saturated heterocycles. The molecule has 86 valence electrons. The molecule has 1 atom stereocenters. The van der Waals surface area contributed by atoms with E-state index in [4.69, 9.17) is 9.47 Å². The summed E-state index contributed by atoms with van der Waals surface area (Å²) < 4.78 is 11.0. The zero-order valence-electron chi connectivity index (χ0n) is 9.80. The maximum atomic E-state index is 9.73. The van der Waals surface area contributed by atoms with E-state index >= 15 is 0 Å². The molecule has 0 saturated carbocycles. The van der Waals surface area contributed by atoms with Crippen molar-refractivity contribution in [2.45, 2.75) is 19.9 Å². The van der Waals surface area contributed by atoms with Gasteiger partial charge in [0.05, 0.1) is 12.8 Å². The lowest BCUT2D eigenvalue weighted by Crippen LogP contribution is -2.46. The van der Waals surface area contributed by atoms with Crippen LogP contribution in [0.15, 0.2) is 18.2 Å². The first-order valence-corrected chi connectivity index (χ1v) is 5.42. The molecule has 0 amide bonds. The van der Waals surface area contributed by atoms with Gasteiger partial charge in [-0.15, -0.1) is 0 Å². The van der Waals surface area contributed by atoms with Crippen molar-refractivity contribution in [3.8, 4) is 11.5 Å². The molecule has 4 nitrogen and oxygen atoms in total. The van der Waals surface area contributed by atoms with Gasteiger partial charge in [-0.05, 0) is 25.9 Å². The Bertz CT molecular complexity index is 383. The molecule has 0 bridgehead atoms. The van der Waals surface area contributed by atoms with Gasteiger partial charge in [0.25, 0.3) is 0 Å². The van der Waals surface area contributed by atoms with Crippen LogP contribution < -0.4 is 14.3 Å². The quantitative estimate of drug-likeness (QED) is 0.766. The van der Waals surface area contributed by atoms with Crippen molar-refractivity contribution in [1.82, 2.24) is 0 Å². The third-order valence-corrected chi connectivity index (χ3v) is 2.71. The molecular weight excluding hydrogens is 205 g/mol. The normalized spacial score (nSPS) is 18.8. The van der Waals surface area contributed by atoms with Crippen LogP contribution in [-0.4, -0.2) is 31.8 Å². The van der Waals surface area contributed by atoms with Crippen LogP contribution in [0.1, 0.15) is 6.92 Å². The standard InChI is InChI=1S/C11H16BNO3/c1-8-7-13(12(2)14)9-5-4-6-10(15-3)11(9)16-8/h4-6,8,14H,7H2,1-3H3. The van der Waals surface area contributed by atoms with Gasteiger partial charge in [0.2, 0.25) is 0 Å². The molecule has 1 aromatic carbocycles. The van der Waals surface area contributed by atoms with Gasteiger partial charge in [0.1, 0.15) is 6.10 Å². The average molecular weight is 221 g/mol. The van der Waals surface area contributed by atoms with Crippen molar-refractivity contribution < 1.29 is 14.5 Å². The SMILES string of the molecule is COc1cccc2c1OC(C)CN2B(C)O. The van der Waals surface area contributed by atoms with Crippen molar-refractivity contribution in [1.29, 1.82) is 0 Å². The molecule has 0 spiro atoms. The first-order chi connectivity index (χ1) is 7.63. The van der Waals surface area contributed by atoms with E-state index < -0.39 is 7.05 Å². The second-order valence-electron chi connectivity index (χ2n) is 4.02. The van der Waals surface area contributed by atoms with Gasteiger partial charge in [0, 0.05) is 6.54 Å². The van der Waals surface area contributed by atoms with E-state index in [-0.39, 0.29) is 6.10 Å². The molecule has 1 unspecified atom stereocenters. The molecule has 0 aliphatic carbocycles. The topological polar surface area (TPSA) is 41.9 Å². The summed E-state index contributed by atoms with van der Waals surface area (Å²) in [4.78, 5) is 1.91. The van der Waals surface area contributed by atoms with E-state index in [2.05, 4.69) is 0 Å². The van der Waals surface area contributed by atoms with Crippen LogP contribution in [0.5, 0.6) is 11.5 Å². The van der Waals surface area contributed by atoms with Gasteiger partial charge in [-0.1, -0.05) is 6.07 Å². The molecule has 1 aromatic rings. The van der Waals surface area contributed by atoms with Crippen LogP contribution in [0.4, 0.5) is 5.69 Å². The number of para-hydroxylation sites is 1. The Morgan fingerprint density at radius 2 is 2.31 bits per heavy atom. The molecule has 16 heavy (non-hydrogen) atoms. The van der Waals surface area contributed by atoms with Gasteiger partial charge in [-0.2, -0.15) is 0 Å². The lowest BCUT2D eigenvalue weighted by molar-refractivity contribution is 0.207. The summed E-state index contributed by atoms with van der Waals surface area (Å²) in [5, 5.41) is 9.73.